The van der Waals surface area contributed by atoms with E-state index in [0.717, 1.165) is 11.3 Å². The van der Waals surface area contributed by atoms with Crippen LogP contribution in [0.15, 0.2) is 18.2 Å². The molecule has 1 aliphatic rings. The standard InChI is InChI=1S/C17H16F4N2O3S/c1-26-7-9-13-10(18)3-2-4-12(13)27-14(9)15(24)22-11-5-6-23(16(11)25)8-17(19,20)21/h2-4,11H,5-8H2,1H3,(H,22,24)/t11-/m1/s1. The highest BCUT2D eigenvalue weighted by Crippen LogP contribution is 2.34. The Hall–Kier alpha value is -2.20. The molecule has 0 bridgehead atoms. The zero-order chi connectivity index (χ0) is 19.8. The maximum absolute atomic E-state index is 14.2. The molecule has 3 rings (SSSR count). The van der Waals surface area contributed by atoms with Gasteiger partial charge in [-0.15, -0.1) is 11.3 Å². The summed E-state index contributed by atoms with van der Waals surface area (Å²) in [5.41, 5.74) is 0.352. The fourth-order valence-electron chi connectivity index (χ4n) is 3.10. The molecule has 1 aromatic heterocycles. The van der Waals surface area contributed by atoms with E-state index >= 15 is 0 Å². The van der Waals surface area contributed by atoms with Crippen LogP contribution in [-0.2, 0) is 16.1 Å². The highest BCUT2D eigenvalue weighted by atomic mass is 32.1. The van der Waals surface area contributed by atoms with Gasteiger partial charge in [-0.2, -0.15) is 13.2 Å². The first-order valence-electron chi connectivity index (χ1n) is 8.06. The van der Waals surface area contributed by atoms with Gasteiger partial charge in [-0.25, -0.2) is 4.39 Å². The second-order valence-electron chi connectivity index (χ2n) is 6.15. The van der Waals surface area contributed by atoms with Crippen molar-refractivity contribution in [3.8, 4) is 0 Å². The predicted octanol–water partition coefficient (Wildman–Crippen LogP) is 3.08. The maximum Gasteiger partial charge on any atom is 0.406 e. The Balaban J connectivity index is 1.82. The molecule has 10 heteroatoms. The number of likely N-dealkylation sites (tertiary alicyclic amines) is 1. The quantitative estimate of drug-likeness (QED) is 0.780. The summed E-state index contributed by atoms with van der Waals surface area (Å²) in [6, 6.07) is 3.41. The Labute approximate surface area is 155 Å². The molecule has 0 unspecified atom stereocenters. The van der Waals surface area contributed by atoms with Crippen LogP contribution in [0, 0.1) is 5.82 Å². The first-order valence-corrected chi connectivity index (χ1v) is 8.88. The van der Waals surface area contributed by atoms with Crippen molar-refractivity contribution in [1.29, 1.82) is 0 Å². The summed E-state index contributed by atoms with van der Waals surface area (Å²) in [4.78, 5) is 25.6. The summed E-state index contributed by atoms with van der Waals surface area (Å²) in [6.45, 7) is -1.45. The first-order chi connectivity index (χ1) is 12.7. The van der Waals surface area contributed by atoms with Gasteiger partial charge < -0.3 is 15.0 Å². The summed E-state index contributed by atoms with van der Waals surface area (Å²) in [5.74, 6) is -1.90. The summed E-state index contributed by atoms with van der Waals surface area (Å²) in [7, 11) is 1.40. The molecule has 1 aliphatic heterocycles. The number of carbonyl (C=O) groups excluding carboxylic acids is 2. The third-order valence-electron chi connectivity index (χ3n) is 4.23. The van der Waals surface area contributed by atoms with Gasteiger partial charge in [0, 0.05) is 29.3 Å². The van der Waals surface area contributed by atoms with Crippen LogP contribution in [0.3, 0.4) is 0 Å². The molecular weight excluding hydrogens is 388 g/mol. The van der Waals surface area contributed by atoms with Crippen molar-refractivity contribution in [2.45, 2.75) is 25.2 Å². The third kappa shape index (κ3) is 4.06. The molecule has 1 aromatic carbocycles. The van der Waals surface area contributed by atoms with E-state index in [9.17, 15) is 27.2 Å². The second kappa shape index (κ2) is 7.43. The van der Waals surface area contributed by atoms with Crippen LogP contribution in [0.1, 0.15) is 21.7 Å². The lowest BCUT2D eigenvalue weighted by atomic mass is 10.1. The third-order valence-corrected chi connectivity index (χ3v) is 5.43. The molecule has 5 nitrogen and oxygen atoms in total. The normalized spacial score (nSPS) is 17.7. The monoisotopic (exact) mass is 404 g/mol. The number of methoxy groups -OCH3 is 1. The van der Waals surface area contributed by atoms with E-state index in [1.165, 1.54) is 19.2 Å². The molecule has 27 heavy (non-hydrogen) atoms. The van der Waals surface area contributed by atoms with Crippen molar-refractivity contribution in [2.24, 2.45) is 0 Å². The van der Waals surface area contributed by atoms with E-state index in [1.807, 2.05) is 0 Å². The summed E-state index contributed by atoms with van der Waals surface area (Å²) >= 11 is 1.04. The number of amides is 2. The fraction of sp³-hybridized carbons (Fsp3) is 0.412. The Morgan fingerprint density at radius 3 is 2.81 bits per heavy atom. The number of rotatable bonds is 5. The minimum Gasteiger partial charge on any atom is -0.380 e. The largest absolute Gasteiger partial charge is 0.406 e. The zero-order valence-electron chi connectivity index (χ0n) is 14.2. The molecular formula is C17H16F4N2O3S. The number of alkyl halides is 3. The van der Waals surface area contributed by atoms with E-state index in [1.54, 1.807) is 6.07 Å². The van der Waals surface area contributed by atoms with Gasteiger partial charge in [0.2, 0.25) is 5.91 Å². The van der Waals surface area contributed by atoms with E-state index in [2.05, 4.69) is 5.32 Å². The number of benzene rings is 1. The van der Waals surface area contributed by atoms with Crippen molar-refractivity contribution in [1.82, 2.24) is 10.2 Å². The van der Waals surface area contributed by atoms with Gasteiger partial charge in [0.1, 0.15) is 18.4 Å². The Kier molecular flexibility index (Phi) is 5.38. The van der Waals surface area contributed by atoms with Crippen LogP contribution in [0.4, 0.5) is 17.6 Å². The molecule has 0 radical (unpaired) electrons. The van der Waals surface area contributed by atoms with Crippen LogP contribution >= 0.6 is 11.3 Å². The lowest BCUT2D eigenvalue weighted by Gasteiger charge is -2.18. The van der Waals surface area contributed by atoms with Crippen LogP contribution in [-0.4, -0.2) is 49.1 Å². The number of fused-ring (bicyclic) bond motifs is 1. The molecule has 1 fully saturated rings. The lowest BCUT2D eigenvalue weighted by Crippen LogP contribution is -2.43. The second-order valence-corrected chi connectivity index (χ2v) is 7.20. The van der Waals surface area contributed by atoms with Gasteiger partial charge >= 0.3 is 6.18 Å². The summed E-state index contributed by atoms with van der Waals surface area (Å²) in [6.07, 6.45) is -4.41. The SMILES string of the molecule is COCc1c(C(=O)N[C@@H]2CCN(CC(F)(F)F)C2=O)sc2cccc(F)c12. The average Bonchev–Trinajstić information content (AvgIpc) is 3.10. The van der Waals surface area contributed by atoms with E-state index in [0.29, 0.717) is 15.2 Å². The topological polar surface area (TPSA) is 58.6 Å². The van der Waals surface area contributed by atoms with Gasteiger partial charge in [-0.1, -0.05) is 6.07 Å². The van der Waals surface area contributed by atoms with E-state index in [-0.39, 0.29) is 29.8 Å². The molecule has 0 spiro atoms. The molecule has 1 N–H and O–H groups in total. The van der Waals surface area contributed by atoms with Crippen molar-refractivity contribution in [2.75, 3.05) is 20.2 Å². The van der Waals surface area contributed by atoms with E-state index in [4.69, 9.17) is 4.74 Å². The van der Waals surface area contributed by atoms with Crippen LogP contribution in [0.2, 0.25) is 0 Å². The number of hydrogen-bond acceptors (Lipinski definition) is 4. The Morgan fingerprint density at radius 2 is 2.15 bits per heavy atom. The number of carbonyl (C=O) groups is 2. The number of nitrogens with zero attached hydrogens (tertiary/aromatic N) is 1. The van der Waals surface area contributed by atoms with E-state index < -0.39 is 36.4 Å². The summed E-state index contributed by atoms with van der Waals surface area (Å²) in [5, 5.41) is 2.74. The van der Waals surface area contributed by atoms with Crippen LogP contribution in [0.5, 0.6) is 0 Å². The molecule has 1 saturated heterocycles. The molecule has 1 atom stereocenters. The summed E-state index contributed by atoms with van der Waals surface area (Å²) < 4.78 is 57.3. The Morgan fingerprint density at radius 1 is 1.41 bits per heavy atom. The van der Waals surface area contributed by atoms with Gasteiger partial charge in [-0.05, 0) is 18.6 Å². The number of hydrogen-bond donors (Lipinski definition) is 1. The van der Waals surface area contributed by atoms with Crippen molar-refractivity contribution in [3.05, 3.63) is 34.5 Å². The molecule has 2 heterocycles. The molecule has 2 amide bonds. The van der Waals surface area contributed by atoms with Gasteiger partial charge in [-0.3, -0.25) is 9.59 Å². The molecule has 146 valence electrons. The lowest BCUT2D eigenvalue weighted by molar-refractivity contribution is -0.157. The number of halogens is 4. The highest BCUT2D eigenvalue weighted by Gasteiger charge is 2.40. The van der Waals surface area contributed by atoms with Crippen LogP contribution < -0.4 is 5.32 Å². The van der Waals surface area contributed by atoms with Crippen molar-refractivity contribution in [3.63, 3.8) is 0 Å². The predicted molar refractivity (Wildman–Crippen MR) is 91.0 cm³/mol. The maximum atomic E-state index is 14.2. The smallest absolute Gasteiger partial charge is 0.380 e. The minimum atomic E-state index is -4.50. The van der Waals surface area contributed by atoms with Crippen molar-refractivity contribution >= 4 is 33.2 Å². The highest BCUT2D eigenvalue weighted by molar-refractivity contribution is 7.21. The average molecular weight is 404 g/mol. The van der Waals surface area contributed by atoms with Gasteiger partial charge in [0.25, 0.3) is 5.91 Å². The Bertz CT molecular complexity index is 881. The minimum absolute atomic E-state index is 0.0114. The first kappa shape index (κ1) is 19.6. The van der Waals surface area contributed by atoms with Crippen molar-refractivity contribution < 1.29 is 31.9 Å². The molecule has 2 aromatic rings. The van der Waals surface area contributed by atoms with Crippen LogP contribution in [0.25, 0.3) is 10.1 Å². The van der Waals surface area contributed by atoms with Gasteiger partial charge in [0.05, 0.1) is 11.5 Å². The number of ether oxygens (including phenoxy) is 1. The zero-order valence-corrected chi connectivity index (χ0v) is 15.0. The number of nitrogens with one attached hydrogen (secondary N) is 1. The number of thiophene rings is 1. The fourth-order valence-corrected chi connectivity index (χ4v) is 4.23. The molecule has 0 saturated carbocycles. The van der Waals surface area contributed by atoms with Gasteiger partial charge in [0.15, 0.2) is 0 Å². The molecule has 0 aliphatic carbocycles.